The summed E-state index contributed by atoms with van der Waals surface area (Å²) in [6.45, 7) is 8.02. The summed E-state index contributed by atoms with van der Waals surface area (Å²) in [5.41, 5.74) is 2.83. The van der Waals surface area contributed by atoms with Crippen molar-refractivity contribution >= 4 is 11.4 Å². The summed E-state index contributed by atoms with van der Waals surface area (Å²) in [7, 11) is 0. The standard InChI is InChI=1S/C14H22N2O2/c1-5-6-7-12(4)15-13-9-14(16(17)18)11(3)8-10(13)2/h8-9,12,15H,5-7H2,1-4H3. The van der Waals surface area contributed by atoms with Crippen LogP contribution in [0.4, 0.5) is 11.4 Å². The highest BCUT2D eigenvalue weighted by Crippen LogP contribution is 2.27. The number of nitro benzene ring substituents is 1. The van der Waals surface area contributed by atoms with Gasteiger partial charge in [0.1, 0.15) is 0 Å². The molecular formula is C14H22N2O2. The molecule has 0 spiro atoms. The zero-order valence-corrected chi connectivity index (χ0v) is 11.6. The molecule has 1 N–H and O–H groups in total. The number of nitrogens with one attached hydrogen (secondary N) is 1. The van der Waals surface area contributed by atoms with E-state index >= 15 is 0 Å². The van der Waals surface area contributed by atoms with Gasteiger partial charge >= 0.3 is 0 Å². The molecule has 1 unspecified atom stereocenters. The first-order valence-electron chi connectivity index (χ1n) is 6.47. The molecular weight excluding hydrogens is 228 g/mol. The van der Waals surface area contributed by atoms with Crippen molar-refractivity contribution in [2.45, 2.75) is 53.0 Å². The lowest BCUT2D eigenvalue weighted by atomic mass is 10.1. The third-order valence-corrected chi connectivity index (χ3v) is 3.13. The van der Waals surface area contributed by atoms with Gasteiger partial charge in [-0.2, -0.15) is 0 Å². The molecule has 4 nitrogen and oxygen atoms in total. The Bertz CT molecular complexity index is 430. The van der Waals surface area contributed by atoms with Crippen molar-refractivity contribution in [2.24, 2.45) is 0 Å². The molecule has 18 heavy (non-hydrogen) atoms. The van der Waals surface area contributed by atoms with Gasteiger partial charge in [0.15, 0.2) is 0 Å². The normalized spacial score (nSPS) is 12.2. The first-order chi connectivity index (χ1) is 8.45. The Morgan fingerprint density at radius 1 is 1.33 bits per heavy atom. The summed E-state index contributed by atoms with van der Waals surface area (Å²) in [5.74, 6) is 0. The Morgan fingerprint density at radius 2 is 2.00 bits per heavy atom. The van der Waals surface area contributed by atoms with E-state index in [-0.39, 0.29) is 10.6 Å². The molecule has 0 heterocycles. The van der Waals surface area contributed by atoms with E-state index in [0.29, 0.717) is 11.6 Å². The van der Waals surface area contributed by atoms with Gasteiger partial charge < -0.3 is 5.32 Å². The summed E-state index contributed by atoms with van der Waals surface area (Å²) in [6.07, 6.45) is 3.41. The first-order valence-corrected chi connectivity index (χ1v) is 6.47. The molecule has 0 saturated heterocycles. The van der Waals surface area contributed by atoms with E-state index in [4.69, 9.17) is 0 Å². The minimum Gasteiger partial charge on any atom is -0.382 e. The van der Waals surface area contributed by atoms with Gasteiger partial charge in [-0.3, -0.25) is 10.1 Å². The lowest BCUT2D eigenvalue weighted by Gasteiger charge is -2.17. The van der Waals surface area contributed by atoms with Crippen LogP contribution >= 0.6 is 0 Å². The fourth-order valence-electron chi connectivity index (χ4n) is 2.04. The van der Waals surface area contributed by atoms with Crippen LogP contribution in [-0.4, -0.2) is 11.0 Å². The van der Waals surface area contributed by atoms with Crippen molar-refractivity contribution in [1.82, 2.24) is 0 Å². The number of aryl methyl sites for hydroxylation is 2. The number of hydrogen-bond donors (Lipinski definition) is 1. The van der Waals surface area contributed by atoms with Crippen molar-refractivity contribution in [1.29, 1.82) is 0 Å². The van der Waals surface area contributed by atoms with Gasteiger partial charge in [0.25, 0.3) is 5.69 Å². The number of nitrogens with zero attached hydrogens (tertiary/aromatic N) is 1. The summed E-state index contributed by atoms with van der Waals surface area (Å²) in [5, 5.41) is 14.3. The Hall–Kier alpha value is -1.58. The van der Waals surface area contributed by atoms with E-state index in [1.807, 2.05) is 13.0 Å². The minimum absolute atomic E-state index is 0.186. The number of anilines is 1. The lowest BCUT2D eigenvalue weighted by molar-refractivity contribution is -0.385. The fourth-order valence-corrected chi connectivity index (χ4v) is 2.04. The molecule has 1 aromatic carbocycles. The van der Waals surface area contributed by atoms with E-state index in [0.717, 1.165) is 17.7 Å². The largest absolute Gasteiger partial charge is 0.382 e. The van der Waals surface area contributed by atoms with Crippen LogP contribution in [0.15, 0.2) is 12.1 Å². The molecule has 0 aromatic heterocycles. The number of benzene rings is 1. The van der Waals surface area contributed by atoms with E-state index in [1.54, 1.807) is 13.0 Å². The molecule has 100 valence electrons. The van der Waals surface area contributed by atoms with E-state index in [9.17, 15) is 10.1 Å². The van der Waals surface area contributed by atoms with Crippen LogP contribution in [-0.2, 0) is 0 Å². The van der Waals surface area contributed by atoms with E-state index in [2.05, 4.69) is 19.2 Å². The molecule has 0 fully saturated rings. The van der Waals surface area contributed by atoms with Gasteiger partial charge in [0.05, 0.1) is 4.92 Å². The second-order valence-electron chi connectivity index (χ2n) is 4.90. The highest BCUT2D eigenvalue weighted by molar-refractivity contribution is 5.60. The van der Waals surface area contributed by atoms with Crippen LogP contribution in [0.25, 0.3) is 0 Å². The highest BCUT2D eigenvalue weighted by atomic mass is 16.6. The van der Waals surface area contributed by atoms with Crippen molar-refractivity contribution < 1.29 is 4.92 Å². The molecule has 0 radical (unpaired) electrons. The molecule has 1 atom stereocenters. The number of rotatable bonds is 6. The van der Waals surface area contributed by atoms with Gasteiger partial charge in [-0.25, -0.2) is 0 Å². The third kappa shape index (κ3) is 3.72. The summed E-state index contributed by atoms with van der Waals surface area (Å²) in [6, 6.07) is 3.85. The second kappa shape index (κ2) is 6.38. The van der Waals surface area contributed by atoms with Crippen molar-refractivity contribution in [3.8, 4) is 0 Å². The number of unbranched alkanes of at least 4 members (excludes halogenated alkanes) is 1. The first kappa shape index (κ1) is 14.5. The van der Waals surface area contributed by atoms with Gasteiger partial charge in [0, 0.05) is 23.4 Å². The SMILES string of the molecule is CCCCC(C)Nc1cc([N+](=O)[O-])c(C)cc1C. The van der Waals surface area contributed by atoms with Gasteiger partial charge in [-0.15, -0.1) is 0 Å². The maximum absolute atomic E-state index is 10.9. The Morgan fingerprint density at radius 3 is 2.56 bits per heavy atom. The fraction of sp³-hybridized carbons (Fsp3) is 0.571. The Labute approximate surface area is 109 Å². The third-order valence-electron chi connectivity index (χ3n) is 3.13. The molecule has 0 aliphatic carbocycles. The molecule has 1 rings (SSSR count). The smallest absolute Gasteiger partial charge is 0.274 e. The van der Waals surface area contributed by atoms with Crippen LogP contribution in [0.3, 0.4) is 0 Å². The number of hydrogen-bond acceptors (Lipinski definition) is 3. The van der Waals surface area contributed by atoms with Gasteiger partial charge in [0.2, 0.25) is 0 Å². The molecule has 0 aliphatic rings. The monoisotopic (exact) mass is 250 g/mol. The molecule has 0 bridgehead atoms. The molecule has 0 amide bonds. The average molecular weight is 250 g/mol. The van der Waals surface area contributed by atoms with Crippen molar-refractivity contribution in [2.75, 3.05) is 5.32 Å². The quantitative estimate of drug-likeness (QED) is 0.608. The molecule has 1 aromatic rings. The van der Waals surface area contributed by atoms with Gasteiger partial charge in [-0.1, -0.05) is 19.8 Å². The average Bonchev–Trinajstić information content (AvgIpc) is 2.29. The predicted molar refractivity (Wildman–Crippen MR) is 75.2 cm³/mol. The number of nitro groups is 1. The molecule has 4 heteroatoms. The summed E-state index contributed by atoms with van der Waals surface area (Å²) >= 11 is 0. The zero-order chi connectivity index (χ0) is 13.7. The van der Waals surface area contributed by atoms with Gasteiger partial charge in [-0.05, 0) is 38.8 Å². The van der Waals surface area contributed by atoms with E-state index in [1.165, 1.54) is 12.8 Å². The van der Waals surface area contributed by atoms with Crippen LogP contribution in [0.2, 0.25) is 0 Å². The van der Waals surface area contributed by atoms with Crippen LogP contribution in [0, 0.1) is 24.0 Å². The predicted octanol–water partition coefficient (Wildman–Crippen LogP) is 4.20. The van der Waals surface area contributed by atoms with Crippen molar-refractivity contribution in [3.63, 3.8) is 0 Å². The lowest BCUT2D eigenvalue weighted by Crippen LogP contribution is -2.15. The van der Waals surface area contributed by atoms with Crippen LogP contribution in [0.5, 0.6) is 0 Å². The second-order valence-corrected chi connectivity index (χ2v) is 4.90. The van der Waals surface area contributed by atoms with Crippen molar-refractivity contribution in [3.05, 3.63) is 33.4 Å². The Balaban J connectivity index is 2.88. The van der Waals surface area contributed by atoms with Crippen LogP contribution < -0.4 is 5.32 Å². The zero-order valence-electron chi connectivity index (χ0n) is 11.6. The minimum atomic E-state index is -0.323. The molecule has 0 aliphatic heterocycles. The summed E-state index contributed by atoms with van der Waals surface area (Å²) < 4.78 is 0. The summed E-state index contributed by atoms with van der Waals surface area (Å²) in [4.78, 5) is 10.6. The highest BCUT2D eigenvalue weighted by Gasteiger charge is 2.14. The maximum Gasteiger partial charge on any atom is 0.274 e. The molecule has 0 saturated carbocycles. The Kier molecular flexibility index (Phi) is 5.13. The van der Waals surface area contributed by atoms with E-state index < -0.39 is 0 Å². The maximum atomic E-state index is 10.9. The van der Waals surface area contributed by atoms with Crippen LogP contribution in [0.1, 0.15) is 44.2 Å². The topological polar surface area (TPSA) is 55.2 Å².